The van der Waals surface area contributed by atoms with E-state index in [-0.39, 0.29) is 0 Å². The van der Waals surface area contributed by atoms with E-state index in [4.69, 9.17) is 0 Å². The molecule has 0 heterocycles. The largest absolute Gasteiger partial charge is 0.0654 e. The number of unbranched alkanes of at least 4 members (excludes halogenated alkanes) is 1. The van der Waals surface area contributed by atoms with Crippen molar-refractivity contribution in [1.82, 2.24) is 0 Å². The molecule has 0 radical (unpaired) electrons. The Kier molecular flexibility index (Phi) is 3.82. The zero-order chi connectivity index (χ0) is 10.5. The van der Waals surface area contributed by atoms with Crippen molar-refractivity contribution in [3.63, 3.8) is 0 Å². The van der Waals surface area contributed by atoms with Crippen molar-refractivity contribution in [3.8, 4) is 0 Å². The Morgan fingerprint density at radius 2 is 1.93 bits per heavy atom. The van der Waals surface area contributed by atoms with Gasteiger partial charge in [0.1, 0.15) is 0 Å². The summed E-state index contributed by atoms with van der Waals surface area (Å²) in [7, 11) is 0. The molecule has 0 aliphatic heterocycles. The number of hydrogen-bond donors (Lipinski definition) is 0. The number of benzene rings is 1. The molecule has 1 aromatic carbocycles. The van der Waals surface area contributed by atoms with Gasteiger partial charge in [-0.2, -0.15) is 0 Å². The van der Waals surface area contributed by atoms with Gasteiger partial charge in [0, 0.05) is 0 Å². The van der Waals surface area contributed by atoms with Gasteiger partial charge in [-0.05, 0) is 36.7 Å². The lowest BCUT2D eigenvalue weighted by Crippen LogP contribution is -2.20. The van der Waals surface area contributed by atoms with Gasteiger partial charge in [-0.15, -0.1) is 0 Å². The van der Waals surface area contributed by atoms with Gasteiger partial charge in [-0.1, -0.05) is 56.5 Å². The third-order valence-electron chi connectivity index (χ3n) is 3.82. The predicted molar refractivity (Wildman–Crippen MR) is 66.0 cm³/mol. The monoisotopic (exact) mass is 202 g/mol. The maximum atomic E-state index is 2.32. The number of hydrogen-bond acceptors (Lipinski definition) is 0. The van der Waals surface area contributed by atoms with Crippen LogP contribution in [0.1, 0.15) is 56.9 Å². The van der Waals surface area contributed by atoms with Gasteiger partial charge in [-0.25, -0.2) is 0 Å². The Hall–Kier alpha value is -0.780. The van der Waals surface area contributed by atoms with Crippen molar-refractivity contribution in [2.24, 2.45) is 5.92 Å². The highest BCUT2D eigenvalue weighted by molar-refractivity contribution is 5.20. The molecular formula is C15H22. The Morgan fingerprint density at radius 1 is 1.20 bits per heavy atom. The Bertz CT molecular complexity index is 271. The van der Waals surface area contributed by atoms with Crippen LogP contribution in [0.4, 0.5) is 0 Å². The molecule has 0 nitrogen and oxygen atoms in total. The molecule has 15 heavy (non-hydrogen) atoms. The Morgan fingerprint density at radius 3 is 2.47 bits per heavy atom. The molecule has 0 heteroatoms. The third-order valence-corrected chi connectivity index (χ3v) is 3.82. The van der Waals surface area contributed by atoms with Crippen molar-refractivity contribution < 1.29 is 0 Å². The molecule has 0 aromatic heterocycles. The summed E-state index contributed by atoms with van der Waals surface area (Å²) in [6.45, 7) is 2.29. The molecule has 1 aromatic rings. The second-order valence-electron chi connectivity index (χ2n) is 4.85. The molecule has 0 bridgehead atoms. The van der Waals surface area contributed by atoms with Crippen molar-refractivity contribution in [3.05, 3.63) is 35.9 Å². The van der Waals surface area contributed by atoms with Crippen LogP contribution in [-0.4, -0.2) is 0 Å². The minimum absolute atomic E-state index is 0.847. The summed E-state index contributed by atoms with van der Waals surface area (Å²) >= 11 is 0. The second kappa shape index (κ2) is 5.34. The van der Waals surface area contributed by atoms with E-state index in [0.29, 0.717) is 0 Å². The minimum Gasteiger partial charge on any atom is -0.0654 e. The molecule has 0 amide bonds. The third kappa shape index (κ3) is 2.62. The van der Waals surface area contributed by atoms with E-state index in [1.54, 1.807) is 5.56 Å². The molecule has 1 aliphatic carbocycles. The lowest BCUT2D eigenvalue weighted by Gasteiger charge is -2.34. The second-order valence-corrected chi connectivity index (χ2v) is 4.85. The van der Waals surface area contributed by atoms with E-state index >= 15 is 0 Å². The average Bonchev–Trinajstić information content (AvgIpc) is 2.22. The summed E-state index contributed by atoms with van der Waals surface area (Å²) in [6, 6.07) is 11.1. The first-order valence-corrected chi connectivity index (χ1v) is 6.46. The van der Waals surface area contributed by atoms with E-state index in [2.05, 4.69) is 37.3 Å². The Labute approximate surface area is 93.7 Å². The van der Waals surface area contributed by atoms with Crippen LogP contribution in [0.3, 0.4) is 0 Å². The standard InChI is InChI=1S/C15H22/c1-2-3-12-15(14-10-7-11-14)13-8-5-4-6-9-13/h4-6,8-9,14-15H,2-3,7,10-12H2,1H3. The van der Waals surface area contributed by atoms with Gasteiger partial charge in [0.25, 0.3) is 0 Å². The van der Waals surface area contributed by atoms with Gasteiger partial charge in [0.15, 0.2) is 0 Å². The quantitative estimate of drug-likeness (QED) is 0.645. The molecule has 1 unspecified atom stereocenters. The van der Waals surface area contributed by atoms with Crippen LogP contribution in [0.5, 0.6) is 0 Å². The van der Waals surface area contributed by atoms with Crippen LogP contribution in [0, 0.1) is 5.92 Å². The lowest BCUT2D eigenvalue weighted by atomic mass is 9.71. The normalized spacial score (nSPS) is 18.5. The summed E-state index contributed by atoms with van der Waals surface area (Å²) in [4.78, 5) is 0. The van der Waals surface area contributed by atoms with Crippen LogP contribution in [0.15, 0.2) is 30.3 Å². The van der Waals surface area contributed by atoms with Crippen LogP contribution >= 0.6 is 0 Å². The van der Waals surface area contributed by atoms with Crippen molar-refractivity contribution in [2.45, 2.75) is 51.4 Å². The van der Waals surface area contributed by atoms with Crippen molar-refractivity contribution in [1.29, 1.82) is 0 Å². The van der Waals surface area contributed by atoms with Gasteiger partial charge in [-0.3, -0.25) is 0 Å². The van der Waals surface area contributed by atoms with E-state index in [0.717, 1.165) is 11.8 Å². The van der Waals surface area contributed by atoms with E-state index in [1.807, 2.05) is 0 Å². The van der Waals surface area contributed by atoms with Gasteiger partial charge < -0.3 is 0 Å². The molecule has 1 atom stereocenters. The van der Waals surface area contributed by atoms with Crippen LogP contribution in [-0.2, 0) is 0 Å². The van der Waals surface area contributed by atoms with Crippen LogP contribution in [0.25, 0.3) is 0 Å². The minimum atomic E-state index is 0.847. The maximum absolute atomic E-state index is 2.32. The smallest absolute Gasteiger partial charge is 0.0134 e. The lowest BCUT2D eigenvalue weighted by molar-refractivity contribution is 0.248. The molecule has 1 aliphatic rings. The fraction of sp³-hybridized carbons (Fsp3) is 0.600. The Balaban J connectivity index is 2.04. The van der Waals surface area contributed by atoms with Gasteiger partial charge in [0.2, 0.25) is 0 Å². The zero-order valence-corrected chi connectivity index (χ0v) is 9.78. The molecule has 0 saturated heterocycles. The van der Waals surface area contributed by atoms with E-state index in [1.165, 1.54) is 38.5 Å². The van der Waals surface area contributed by atoms with E-state index in [9.17, 15) is 0 Å². The molecule has 82 valence electrons. The molecule has 0 N–H and O–H groups in total. The van der Waals surface area contributed by atoms with Crippen LogP contribution in [0.2, 0.25) is 0 Å². The molecule has 2 rings (SSSR count). The summed E-state index contributed by atoms with van der Waals surface area (Å²) in [5, 5.41) is 0. The molecular weight excluding hydrogens is 180 g/mol. The number of rotatable bonds is 5. The summed E-state index contributed by atoms with van der Waals surface area (Å²) in [5.74, 6) is 1.83. The highest BCUT2D eigenvalue weighted by atomic mass is 14.3. The summed E-state index contributed by atoms with van der Waals surface area (Å²) in [6.07, 6.45) is 8.49. The molecule has 0 spiro atoms. The maximum Gasteiger partial charge on any atom is -0.0134 e. The topological polar surface area (TPSA) is 0 Å². The van der Waals surface area contributed by atoms with Crippen molar-refractivity contribution >= 4 is 0 Å². The fourth-order valence-corrected chi connectivity index (χ4v) is 2.64. The first-order chi connectivity index (χ1) is 7.42. The first-order valence-electron chi connectivity index (χ1n) is 6.46. The van der Waals surface area contributed by atoms with Crippen molar-refractivity contribution in [2.75, 3.05) is 0 Å². The molecule has 1 fully saturated rings. The first kappa shape index (κ1) is 10.7. The molecule has 1 saturated carbocycles. The van der Waals surface area contributed by atoms with Crippen LogP contribution < -0.4 is 0 Å². The van der Waals surface area contributed by atoms with E-state index < -0.39 is 0 Å². The average molecular weight is 202 g/mol. The predicted octanol–water partition coefficient (Wildman–Crippen LogP) is 4.76. The van der Waals surface area contributed by atoms with Gasteiger partial charge in [0.05, 0.1) is 0 Å². The summed E-state index contributed by atoms with van der Waals surface area (Å²) < 4.78 is 0. The fourth-order valence-electron chi connectivity index (χ4n) is 2.64. The highest BCUT2D eigenvalue weighted by Crippen LogP contribution is 2.41. The zero-order valence-electron chi connectivity index (χ0n) is 9.78. The summed E-state index contributed by atoms with van der Waals surface area (Å²) in [5.41, 5.74) is 1.58. The SMILES string of the molecule is CCCCC(c1ccccc1)C1CCC1. The van der Waals surface area contributed by atoms with Gasteiger partial charge >= 0.3 is 0 Å². The highest BCUT2D eigenvalue weighted by Gasteiger charge is 2.27.